The maximum Gasteiger partial charge on any atom is 0.255 e. The van der Waals surface area contributed by atoms with Crippen LogP contribution in [-0.2, 0) is 9.59 Å². The van der Waals surface area contributed by atoms with E-state index in [0.29, 0.717) is 17.1 Å². The molecule has 2 amide bonds. The normalized spacial score (nSPS) is 16.3. The number of carbonyl (C=O) groups excluding carboxylic acids is 2. The molecule has 1 saturated heterocycles. The average Bonchev–Trinajstić information content (AvgIpc) is 2.81. The van der Waals surface area contributed by atoms with Gasteiger partial charge in [0.1, 0.15) is 18.3 Å². The molecule has 6 heteroatoms. The number of methoxy groups -OCH3 is 1. The third-order valence-electron chi connectivity index (χ3n) is 5.73. The highest BCUT2D eigenvalue weighted by Gasteiger charge is 2.42. The molecular weight excluding hydrogens is 402 g/mol. The average molecular weight is 430 g/mol. The second-order valence-electron chi connectivity index (χ2n) is 8.08. The van der Waals surface area contributed by atoms with Crippen molar-refractivity contribution in [1.82, 2.24) is 0 Å². The zero-order valence-corrected chi connectivity index (χ0v) is 18.8. The van der Waals surface area contributed by atoms with Crippen LogP contribution in [-0.4, -0.2) is 39.6 Å². The van der Waals surface area contributed by atoms with Gasteiger partial charge in [0.25, 0.3) is 5.91 Å². The van der Waals surface area contributed by atoms with Crippen LogP contribution >= 0.6 is 0 Å². The maximum absolute atomic E-state index is 13.9. The Labute approximate surface area is 188 Å². The van der Waals surface area contributed by atoms with Gasteiger partial charge in [-0.15, -0.1) is 0 Å². The van der Waals surface area contributed by atoms with Crippen LogP contribution in [0.5, 0.6) is 5.75 Å². The first kappa shape index (κ1) is 21.4. The number of nitrogens with zero attached hydrogens (tertiary/aromatic N) is 3. The molecule has 4 rings (SSSR count). The number of piperazine rings is 1. The highest BCUT2D eigenvalue weighted by molar-refractivity contribution is 6.15. The van der Waals surface area contributed by atoms with Gasteiger partial charge in [0, 0.05) is 25.5 Å². The molecule has 0 aromatic heterocycles. The van der Waals surface area contributed by atoms with Gasteiger partial charge in [0.05, 0.1) is 12.8 Å². The molecule has 0 saturated carbocycles. The molecule has 0 spiro atoms. The second kappa shape index (κ2) is 8.75. The summed E-state index contributed by atoms with van der Waals surface area (Å²) in [6.45, 7) is 1.94. The Morgan fingerprint density at radius 3 is 2.19 bits per heavy atom. The van der Waals surface area contributed by atoms with E-state index in [9.17, 15) is 9.59 Å². The zero-order chi connectivity index (χ0) is 22.8. The van der Waals surface area contributed by atoms with Crippen molar-refractivity contribution in [3.63, 3.8) is 0 Å². The first-order valence-electron chi connectivity index (χ1n) is 10.5. The molecule has 1 fully saturated rings. The fourth-order valence-corrected chi connectivity index (χ4v) is 3.99. The fraction of sp³-hybridized carbons (Fsp3) is 0.231. The molecule has 0 bridgehead atoms. The summed E-state index contributed by atoms with van der Waals surface area (Å²) < 4.78 is 5.47. The van der Waals surface area contributed by atoms with E-state index in [1.54, 1.807) is 24.1 Å². The Morgan fingerprint density at radius 1 is 0.906 bits per heavy atom. The van der Waals surface area contributed by atoms with Gasteiger partial charge in [0.2, 0.25) is 5.91 Å². The van der Waals surface area contributed by atoms with E-state index >= 15 is 0 Å². The Balaban J connectivity index is 1.82. The van der Waals surface area contributed by atoms with Crippen LogP contribution in [0.25, 0.3) is 0 Å². The lowest BCUT2D eigenvalue weighted by Gasteiger charge is -2.40. The Morgan fingerprint density at radius 2 is 1.56 bits per heavy atom. The monoisotopic (exact) mass is 429 g/mol. The van der Waals surface area contributed by atoms with E-state index in [1.165, 1.54) is 4.90 Å². The number of aryl methyl sites for hydroxylation is 1. The number of benzene rings is 3. The van der Waals surface area contributed by atoms with Crippen molar-refractivity contribution in [3.8, 4) is 5.75 Å². The molecule has 3 aromatic rings. The summed E-state index contributed by atoms with van der Waals surface area (Å²) in [4.78, 5) is 32.5. The second-order valence-corrected chi connectivity index (χ2v) is 8.08. The minimum absolute atomic E-state index is 0.0562. The summed E-state index contributed by atoms with van der Waals surface area (Å²) in [5, 5.41) is 0. The molecule has 1 heterocycles. The third-order valence-corrected chi connectivity index (χ3v) is 5.73. The van der Waals surface area contributed by atoms with Crippen LogP contribution in [0.4, 0.5) is 17.1 Å². The summed E-state index contributed by atoms with van der Waals surface area (Å²) in [6.07, 6.45) is 0. The number of ether oxygens (including phenoxy) is 1. The van der Waals surface area contributed by atoms with Gasteiger partial charge in [-0.1, -0.05) is 42.0 Å². The van der Waals surface area contributed by atoms with Crippen molar-refractivity contribution in [2.45, 2.75) is 13.0 Å². The minimum atomic E-state index is -0.778. The van der Waals surface area contributed by atoms with Crippen molar-refractivity contribution in [2.75, 3.05) is 42.4 Å². The largest absolute Gasteiger partial charge is 0.495 e. The number of amides is 2. The van der Waals surface area contributed by atoms with Gasteiger partial charge >= 0.3 is 0 Å². The van der Waals surface area contributed by atoms with Gasteiger partial charge in [-0.3, -0.25) is 19.4 Å². The summed E-state index contributed by atoms with van der Waals surface area (Å²) in [7, 11) is 5.49. The van der Waals surface area contributed by atoms with Gasteiger partial charge in [-0.05, 0) is 48.9 Å². The molecule has 1 aliphatic rings. The first-order chi connectivity index (χ1) is 15.4. The number of hydrogen-bond acceptors (Lipinski definition) is 4. The molecule has 3 aromatic carbocycles. The predicted molar refractivity (Wildman–Crippen MR) is 128 cm³/mol. The van der Waals surface area contributed by atoms with Gasteiger partial charge in [-0.25, -0.2) is 0 Å². The number of anilines is 3. The number of rotatable bonds is 5. The van der Waals surface area contributed by atoms with Gasteiger partial charge in [-0.2, -0.15) is 0 Å². The quantitative estimate of drug-likeness (QED) is 0.610. The van der Waals surface area contributed by atoms with Crippen LogP contribution in [0.2, 0.25) is 0 Å². The standard InChI is InChI=1S/C26H27N3O3/c1-18-9-13-21(14-10-18)29-24(30)17-28(22-7-5-6-8-23(22)32-4)26(31)25(29)19-11-15-20(16-12-19)27(2)3/h5-16,25H,17H2,1-4H3/t25-/m1/s1. The summed E-state index contributed by atoms with van der Waals surface area (Å²) in [6, 6.07) is 21.9. The Bertz CT molecular complexity index is 1120. The number of para-hydroxylation sites is 2. The molecule has 0 N–H and O–H groups in total. The Hall–Kier alpha value is -3.80. The van der Waals surface area contributed by atoms with E-state index < -0.39 is 6.04 Å². The minimum Gasteiger partial charge on any atom is -0.495 e. The van der Waals surface area contributed by atoms with E-state index in [0.717, 1.165) is 16.8 Å². The summed E-state index contributed by atoms with van der Waals surface area (Å²) in [5.41, 5.74) is 4.16. The van der Waals surface area contributed by atoms with Crippen molar-refractivity contribution in [3.05, 3.63) is 83.9 Å². The van der Waals surface area contributed by atoms with Crippen LogP contribution in [0.15, 0.2) is 72.8 Å². The molecular formula is C26H27N3O3. The highest BCUT2D eigenvalue weighted by Crippen LogP contribution is 2.37. The molecule has 32 heavy (non-hydrogen) atoms. The van der Waals surface area contributed by atoms with Crippen molar-refractivity contribution < 1.29 is 14.3 Å². The van der Waals surface area contributed by atoms with Crippen LogP contribution in [0.3, 0.4) is 0 Å². The van der Waals surface area contributed by atoms with Crippen LogP contribution in [0, 0.1) is 6.92 Å². The predicted octanol–water partition coefficient (Wildman–Crippen LogP) is 4.19. The lowest BCUT2D eigenvalue weighted by molar-refractivity contribution is -0.128. The summed E-state index contributed by atoms with van der Waals surface area (Å²) in [5.74, 6) is 0.229. The molecule has 0 aliphatic carbocycles. The van der Waals surface area contributed by atoms with E-state index in [4.69, 9.17) is 4.74 Å². The molecule has 0 radical (unpaired) electrons. The molecule has 1 aliphatic heterocycles. The van der Waals surface area contributed by atoms with Gasteiger partial charge < -0.3 is 9.64 Å². The topological polar surface area (TPSA) is 53.1 Å². The number of hydrogen-bond donors (Lipinski definition) is 0. The number of carbonyl (C=O) groups is 2. The SMILES string of the molecule is COc1ccccc1N1CC(=O)N(c2ccc(C)cc2)[C@H](c2ccc(N(C)C)cc2)C1=O. The van der Waals surface area contributed by atoms with Crippen LogP contribution in [0.1, 0.15) is 17.2 Å². The first-order valence-corrected chi connectivity index (χ1v) is 10.5. The lowest BCUT2D eigenvalue weighted by Crippen LogP contribution is -2.56. The molecule has 164 valence electrons. The van der Waals surface area contributed by atoms with Crippen molar-refractivity contribution in [2.24, 2.45) is 0 Å². The molecule has 6 nitrogen and oxygen atoms in total. The van der Waals surface area contributed by atoms with Gasteiger partial charge in [0.15, 0.2) is 0 Å². The van der Waals surface area contributed by atoms with Crippen molar-refractivity contribution >= 4 is 28.9 Å². The Kier molecular flexibility index (Phi) is 5.86. The molecule has 0 unspecified atom stereocenters. The van der Waals surface area contributed by atoms with E-state index in [1.807, 2.05) is 86.6 Å². The van der Waals surface area contributed by atoms with E-state index in [-0.39, 0.29) is 18.4 Å². The zero-order valence-electron chi connectivity index (χ0n) is 18.8. The van der Waals surface area contributed by atoms with Crippen LogP contribution < -0.4 is 19.4 Å². The van der Waals surface area contributed by atoms with E-state index in [2.05, 4.69) is 0 Å². The maximum atomic E-state index is 13.9. The fourth-order valence-electron chi connectivity index (χ4n) is 3.99. The summed E-state index contributed by atoms with van der Waals surface area (Å²) >= 11 is 0. The lowest BCUT2D eigenvalue weighted by atomic mass is 9.98. The molecule has 1 atom stereocenters. The smallest absolute Gasteiger partial charge is 0.255 e. The highest BCUT2D eigenvalue weighted by atomic mass is 16.5. The van der Waals surface area contributed by atoms with Crippen molar-refractivity contribution in [1.29, 1.82) is 0 Å². The third kappa shape index (κ3) is 3.91.